The van der Waals surface area contributed by atoms with Crippen molar-refractivity contribution in [3.8, 4) is 5.75 Å². The predicted octanol–water partition coefficient (Wildman–Crippen LogP) is 3.41. The van der Waals surface area contributed by atoms with E-state index in [2.05, 4.69) is 6.92 Å². The number of hydrogen-bond acceptors (Lipinski definition) is 2. The van der Waals surface area contributed by atoms with Crippen molar-refractivity contribution in [2.45, 2.75) is 38.6 Å². The van der Waals surface area contributed by atoms with Gasteiger partial charge in [-0.15, -0.1) is 0 Å². The zero-order valence-corrected chi connectivity index (χ0v) is 10.0. The van der Waals surface area contributed by atoms with Gasteiger partial charge >= 0.3 is 0 Å². The fraction of sp³-hybridized carbons (Fsp3) is 0.538. The summed E-state index contributed by atoms with van der Waals surface area (Å²) >= 11 is 0. The molecular weight excluding hydrogens is 205 g/mol. The molecule has 1 rings (SSSR count). The van der Waals surface area contributed by atoms with Crippen molar-refractivity contribution in [2.75, 3.05) is 7.11 Å². The summed E-state index contributed by atoms with van der Waals surface area (Å²) in [5.74, 6) is 0.409. The maximum Gasteiger partial charge on any atom is 0.128 e. The lowest BCUT2D eigenvalue weighted by molar-refractivity contribution is 0.411. The largest absolute Gasteiger partial charge is 0.497 e. The van der Waals surface area contributed by atoms with E-state index in [1.165, 1.54) is 6.07 Å². The van der Waals surface area contributed by atoms with Crippen LogP contribution in [-0.2, 0) is 0 Å². The minimum Gasteiger partial charge on any atom is -0.497 e. The molecule has 0 aromatic heterocycles. The zero-order valence-electron chi connectivity index (χ0n) is 10.0. The number of halogens is 1. The van der Waals surface area contributed by atoms with Crippen molar-refractivity contribution in [2.24, 2.45) is 5.73 Å². The Kier molecular flexibility index (Phi) is 5.26. The van der Waals surface area contributed by atoms with E-state index in [0.29, 0.717) is 11.3 Å². The standard InChI is InChI=1S/C13H20FNO/c1-3-4-5-6-13(15)11-9-10(16-2)7-8-12(11)14/h7-9,13H,3-6,15H2,1-2H3/t13-/m0/s1. The van der Waals surface area contributed by atoms with Gasteiger partial charge in [0.15, 0.2) is 0 Å². The third kappa shape index (κ3) is 3.49. The molecule has 0 spiro atoms. The number of benzene rings is 1. The maximum absolute atomic E-state index is 13.5. The molecule has 0 radical (unpaired) electrons. The number of methoxy groups -OCH3 is 1. The van der Waals surface area contributed by atoms with E-state index >= 15 is 0 Å². The molecule has 3 heteroatoms. The molecule has 0 amide bonds. The first-order chi connectivity index (χ1) is 7.69. The summed E-state index contributed by atoms with van der Waals surface area (Å²) < 4.78 is 18.6. The highest BCUT2D eigenvalue weighted by Crippen LogP contribution is 2.24. The first kappa shape index (κ1) is 13.0. The number of hydrogen-bond donors (Lipinski definition) is 1. The Morgan fingerprint density at radius 2 is 2.12 bits per heavy atom. The summed E-state index contributed by atoms with van der Waals surface area (Å²) in [7, 11) is 1.57. The second kappa shape index (κ2) is 6.48. The van der Waals surface area contributed by atoms with Crippen molar-refractivity contribution in [1.29, 1.82) is 0 Å². The van der Waals surface area contributed by atoms with Crippen LogP contribution in [0.25, 0.3) is 0 Å². The van der Waals surface area contributed by atoms with Gasteiger partial charge in [-0.3, -0.25) is 0 Å². The lowest BCUT2D eigenvalue weighted by atomic mass is 10.0. The summed E-state index contributed by atoms with van der Waals surface area (Å²) in [6, 6.07) is 4.47. The van der Waals surface area contributed by atoms with Crippen LogP contribution in [0, 0.1) is 5.82 Å². The van der Waals surface area contributed by atoms with Crippen LogP contribution < -0.4 is 10.5 Å². The molecule has 1 atom stereocenters. The van der Waals surface area contributed by atoms with Gasteiger partial charge in [0.25, 0.3) is 0 Å². The van der Waals surface area contributed by atoms with Crippen LogP contribution in [0.2, 0.25) is 0 Å². The maximum atomic E-state index is 13.5. The molecule has 0 aliphatic rings. The molecule has 0 bridgehead atoms. The van der Waals surface area contributed by atoms with E-state index in [0.717, 1.165) is 25.7 Å². The lowest BCUT2D eigenvalue weighted by Gasteiger charge is -2.13. The molecular formula is C13H20FNO. The Morgan fingerprint density at radius 3 is 2.75 bits per heavy atom. The molecule has 0 heterocycles. The van der Waals surface area contributed by atoms with Crippen LogP contribution in [0.5, 0.6) is 5.75 Å². The van der Waals surface area contributed by atoms with Crippen LogP contribution in [0.15, 0.2) is 18.2 Å². The first-order valence-electron chi connectivity index (χ1n) is 5.78. The van der Waals surface area contributed by atoms with Crippen molar-refractivity contribution in [3.63, 3.8) is 0 Å². The van der Waals surface area contributed by atoms with Gasteiger partial charge in [0.05, 0.1) is 7.11 Å². The summed E-state index contributed by atoms with van der Waals surface area (Å²) in [6.45, 7) is 2.14. The number of nitrogens with two attached hydrogens (primary N) is 1. The quantitative estimate of drug-likeness (QED) is 0.753. The van der Waals surface area contributed by atoms with Gasteiger partial charge in [-0.2, -0.15) is 0 Å². The van der Waals surface area contributed by atoms with Gasteiger partial charge in [0.1, 0.15) is 11.6 Å². The molecule has 90 valence electrons. The van der Waals surface area contributed by atoms with Crippen molar-refractivity contribution < 1.29 is 9.13 Å². The monoisotopic (exact) mass is 225 g/mol. The zero-order chi connectivity index (χ0) is 12.0. The average molecular weight is 225 g/mol. The highest BCUT2D eigenvalue weighted by molar-refractivity contribution is 5.31. The smallest absolute Gasteiger partial charge is 0.128 e. The van der Waals surface area contributed by atoms with Crippen molar-refractivity contribution in [1.82, 2.24) is 0 Å². The molecule has 0 saturated heterocycles. The second-order valence-electron chi connectivity index (χ2n) is 3.99. The minimum absolute atomic E-state index is 0.235. The molecule has 0 unspecified atom stereocenters. The van der Waals surface area contributed by atoms with Crippen LogP contribution in [0.3, 0.4) is 0 Å². The lowest BCUT2D eigenvalue weighted by Crippen LogP contribution is -2.12. The molecule has 1 aromatic carbocycles. The number of ether oxygens (including phenoxy) is 1. The fourth-order valence-electron chi connectivity index (χ4n) is 1.70. The van der Waals surface area contributed by atoms with E-state index in [1.54, 1.807) is 19.2 Å². The topological polar surface area (TPSA) is 35.2 Å². The normalized spacial score (nSPS) is 12.5. The van der Waals surface area contributed by atoms with Gasteiger partial charge in [0.2, 0.25) is 0 Å². The third-order valence-corrected chi connectivity index (χ3v) is 2.72. The summed E-state index contributed by atoms with van der Waals surface area (Å²) in [5, 5.41) is 0. The van der Waals surface area contributed by atoms with Crippen LogP contribution in [0.4, 0.5) is 4.39 Å². The third-order valence-electron chi connectivity index (χ3n) is 2.72. The summed E-state index contributed by atoms with van der Waals surface area (Å²) in [6.07, 6.45) is 4.14. The van der Waals surface area contributed by atoms with E-state index < -0.39 is 0 Å². The van der Waals surface area contributed by atoms with E-state index in [1.807, 2.05) is 0 Å². The first-order valence-corrected chi connectivity index (χ1v) is 5.78. The molecule has 16 heavy (non-hydrogen) atoms. The number of unbranched alkanes of at least 4 members (excludes halogenated alkanes) is 2. The van der Waals surface area contributed by atoms with Gasteiger partial charge in [-0.25, -0.2) is 4.39 Å². The van der Waals surface area contributed by atoms with E-state index in [-0.39, 0.29) is 11.9 Å². The molecule has 1 aromatic rings. The SMILES string of the molecule is CCCCC[C@H](N)c1cc(OC)ccc1F. The van der Waals surface area contributed by atoms with Gasteiger partial charge in [0, 0.05) is 11.6 Å². The van der Waals surface area contributed by atoms with Gasteiger partial charge < -0.3 is 10.5 Å². The minimum atomic E-state index is -0.246. The van der Waals surface area contributed by atoms with Crippen LogP contribution >= 0.6 is 0 Å². The van der Waals surface area contributed by atoms with E-state index in [4.69, 9.17) is 10.5 Å². The van der Waals surface area contributed by atoms with E-state index in [9.17, 15) is 4.39 Å². The molecule has 0 aliphatic carbocycles. The molecule has 0 fully saturated rings. The Balaban J connectivity index is 2.69. The number of rotatable bonds is 6. The Hall–Kier alpha value is -1.09. The summed E-state index contributed by atoms with van der Waals surface area (Å²) in [4.78, 5) is 0. The predicted molar refractivity (Wildman–Crippen MR) is 64.0 cm³/mol. The van der Waals surface area contributed by atoms with Crippen LogP contribution in [-0.4, -0.2) is 7.11 Å². The highest BCUT2D eigenvalue weighted by Gasteiger charge is 2.12. The average Bonchev–Trinajstić information content (AvgIpc) is 2.30. The molecule has 2 N–H and O–H groups in total. The van der Waals surface area contributed by atoms with Gasteiger partial charge in [-0.1, -0.05) is 26.2 Å². The highest BCUT2D eigenvalue weighted by atomic mass is 19.1. The second-order valence-corrected chi connectivity index (χ2v) is 3.99. The van der Waals surface area contributed by atoms with Crippen LogP contribution in [0.1, 0.15) is 44.2 Å². The Morgan fingerprint density at radius 1 is 1.38 bits per heavy atom. The fourth-order valence-corrected chi connectivity index (χ4v) is 1.70. The Bertz CT molecular complexity index is 328. The van der Waals surface area contributed by atoms with Crippen molar-refractivity contribution >= 4 is 0 Å². The van der Waals surface area contributed by atoms with Gasteiger partial charge in [-0.05, 0) is 24.6 Å². The summed E-state index contributed by atoms with van der Waals surface area (Å²) in [5.41, 5.74) is 6.52. The van der Waals surface area contributed by atoms with Crippen molar-refractivity contribution in [3.05, 3.63) is 29.6 Å². The molecule has 0 saturated carbocycles. The Labute approximate surface area is 96.6 Å². The molecule has 0 aliphatic heterocycles. The molecule has 2 nitrogen and oxygen atoms in total.